The quantitative estimate of drug-likeness (QED) is 0.844. The third kappa shape index (κ3) is 2.62. The number of hydrogen-bond donors (Lipinski definition) is 2. The summed E-state index contributed by atoms with van der Waals surface area (Å²) in [5.41, 5.74) is 0.0396. The number of rotatable bonds is 3. The highest BCUT2D eigenvalue weighted by molar-refractivity contribution is 5.89. The first-order chi connectivity index (χ1) is 8.99. The van der Waals surface area contributed by atoms with E-state index >= 15 is 0 Å². The highest BCUT2D eigenvalue weighted by Crippen LogP contribution is 2.09. The maximum atomic E-state index is 11.6. The summed E-state index contributed by atoms with van der Waals surface area (Å²) in [4.78, 5) is 36.1. The summed E-state index contributed by atoms with van der Waals surface area (Å²) in [5, 5.41) is 9.07. The molecule has 2 N–H and O–H groups in total. The SMILES string of the molecule is Cc1cn(Cc2ccccc2C(=O)O)c(=O)[nH]c1=O. The lowest BCUT2D eigenvalue weighted by atomic mass is 10.1. The lowest BCUT2D eigenvalue weighted by molar-refractivity contribution is 0.0695. The molecule has 1 heterocycles. The van der Waals surface area contributed by atoms with Gasteiger partial charge in [0.25, 0.3) is 5.56 Å². The van der Waals surface area contributed by atoms with Gasteiger partial charge in [-0.05, 0) is 18.6 Å². The fraction of sp³-hybridized carbons (Fsp3) is 0.154. The molecule has 0 aliphatic heterocycles. The van der Waals surface area contributed by atoms with E-state index in [1.807, 2.05) is 0 Å². The second-order valence-corrected chi connectivity index (χ2v) is 4.16. The van der Waals surface area contributed by atoms with Crippen LogP contribution >= 0.6 is 0 Å². The molecule has 1 aromatic heterocycles. The summed E-state index contributed by atoms with van der Waals surface area (Å²) < 4.78 is 1.28. The van der Waals surface area contributed by atoms with Gasteiger partial charge in [-0.3, -0.25) is 14.3 Å². The van der Waals surface area contributed by atoms with Crippen molar-refractivity contribution in [2.45, 2.75) is 13.5 Å². The molecule has 0 spiro atoms. The molecule has 19 heavy (non-hydrogen) atoms. The van der Waals surface area contributed by atoms with Crippen LogP contribution in [0.5, 0.6) is 0 Å². The van der Waals surface area contributed by atoms with Crippen molar-refractivity contribution < 1.29 is 9.90 Å². The zero-order valence-electron chi connectivity index (χ0n) is 10.2. The van der Waals surface area contributed by atoms with Crippen molar-refractivity contribution in [3.8, 4) is 0 Å². The van der Waals surface area contributed by atoms with E-state index < -0.39 is 17.2 Å². The van der Waals surface area contributed by atoms with E-state index in [4.69, 9.17) is 5.11 Å². The van der Waals surface area contributed by atoms with E-state index in [0.717, 1.165) is 0 Å². The second-order valence-electron chi connectivity index (χ2n) is 4.16. The Balaban J connectivity index is 2.48. The molecule has 6 heteroatoms. The van der Waals surface area contributed by atoms with Crippen molar-refractivity contribution in [2.24, 2.45) is 0 Å². The van der Waals surface area contributed by atoms with Crippen molar-refractivity contribution in [2.75, 3.05) is 0 Å². The third-order valence-electron chi connectivity index (χ3n) is 2.78. The number of benzene rings is 1. The van der Waals surface area contributed by atoms with Crippen LogP contribution in [0, 0.1) is 6.92 Å². The molecule has 2 rings (SSSR count). The van der Waals surface area contributed by atoms with E-state index in [1.54, 1.807) is 25.1 Å². The Bertz CT molecular complexity index is 743. The predicted molar refractivity (Wildman–Crippen MR) is 68.6 cm³/mol. The first kappa shape index (κ1) is 12.8. The van der Waals surface area contributed by atoms with Gasteiger partial charge in [-0.25, -0.2) is 9.59 Å². The predicted octanol–water partition coefficient (Wildman–Crippen LogP) is 0.592. The van der Waals surface area contributed by atoms with E-state index in [2.05, 4.69) is 4.98 Å². The molecule has 0 aliphatic carbocycles. The van der Waals surface area contributed by atoms with E-state index in [9.17, 15) is 14.4 Å². The number of carboxylic acid groups (broad SMARTS) is 1. The van der Waals surface area contributed by atoms with E-state index in [-0.39, 0.29) is 12.1 Å². The molecule has 0 saturated heterocycles. The van der Waals surface area contributed by atoms with Crippen molar-refractivity contribution in [3.63, 3.8) is 0 Å². The van der Waals surface area contributed by atoms with Crippen LogP contribution < -0.4 is 11.2 Å². The summed E-state index contributed by atoms with van der Waals surface area (Å²) >= 11 is 0. The standard InChI is InChI=1S/C13H12N2O4/c1-8-6-15(13(19)14-11(8)16)7-9-4-2-3-5-10(9)12(17)18/h2-6H,7H2,1H3,(H,17,18)(H,14,16,19). The maximum Gasteiger partial charge on any atom is 0.336 e. The first-order valence-electron chi connectivity index (χ1n) is 5.60. The molecule has 0 aliphatic rings. The molecule has 2 aromatic rings. The van der Waals surface area contributed by atoms with Gasteiger partial charge in [-0.1, -0.05) is 18.2 Å². The Morgan fingerprint density at radius 2 is 2.00 bits per heavy atom. The molecule has 0 fully saturated rings. The topological polar surface area (TPSA) is 92.2 Å². The lowest BCUT2D eigenvalue weighted by Gasteiger charge is -2.08. The highest BCUT2D eigenvalue weighted by Gasteiger charge is 2.10. The van der Waals surface area contributed by atoms with Gasteiger partial charge in [-0.15, -0.1) is 0 Å². The van der Waals surface area contributed by atoms with Gasteiger partial charge in [0.15, 0.2) is 0 Å². The van der Waals surface area contributed by atoms with Crippen molar-refractivity contribution >= 4 is 5.97 Å². The number of H-pyrrole nitrogens is 1. The fourth-order valence-corrected chi connectivity index (χ4v) is 1.79. The number of nitrogens with zero attached hydrogens (tertiary/aromatic N) is 1. The Morgan fingerprint density at radius 3 is 2.68 bits per heavy atom. The number of aryl methyl sites for hydroxylation is 1. The average Bonchev–Trinajstić information content (AvgIpc) is 2.36. The van der Waals surface area contributed by atoms with Crippen LogP contribution in [0.1, 0.15) is 21.5 Å². The minimum absolute atomic E-state index is 0.0962. The zero-order valence-corrected chi connectivity index (χ0v) is 10.2. The van der Waals surface area contributed by atoms with Gasteiger partial charge in [0.1, 0.15) is 0 Å². The molecule has 0 unspecified atom stereocenters. The van der Waals surface area contributed by atoms with Crippen LogP contribution in [-0.4, -0.2) is 20.6 Å². The number of carboxylic acids is 1. The number of aromatic carboxylic acids is 1. The molecule has 1 aromatic carbocycles. The Kier molecular flexibility index (Phi) is 3.33. The number of nitrogens with one attached hydrogen (secondary N) is 1. The van der Waals surface area contributed by atoms with Crippen molar-refractivity contribution in [1.82, 2.24) is 9.55 Å². The van der Waals surface area contributed by atoms with Crippen LogP contribution in [0.4, 0.5) is 0 Å². The van der Waals surface area contributed by atoms with Gasteiger partial charge >= 0.3 is 11.7 Å². The van der Waals surface area contributed by atoms with Crippen molar-refractivity contribution in [3.05, 3.63) is 68.0 Å². The largest absolute Gasteiger partial charge is 0.478 e. The molecular weight excluding hydrogens is 248 g/mol. The Morgan fingerprint density at radius 1 is 1.32 bits per heavy atom. The molecule has 0 bridgehead atoms. The molecule has 0 saturated carbocycles. The molecule has 98 valence electrons. The smallest absolute Gasteiger partial charge is 0.336 e. The molecule has 0 radical (unpaired) electrons. The molecule has 0 amide bonds. The number of aromatic amines is 1. The van der Waals surface area contributed by atoms with Crippen LogP contribution in [0.3, 0.4) is 0 Å². The highest BCUT2D eigenvalue weighted by atomic mass is 16.4. The van der Waals surface area contributed by atoms with Gasteiger partial charge in [0, 0.05) is 11.8 Å². The average molecular weight is 260 g/mol. The number of aromatic nitrogens is 2. The molecule has 6 nitrogen and oxygen atoms in total. The van der Waals surface area contributed by atoms with Gasteiger partial charge < -0.3 is 5.11 Å². The number of hydrogen-bond acceptors (Lipinski definition) is 3. The molecular formula is C13H12N2O4. The second kappa shape index (κ2) is 4.93. The van der Waals surface area contributed by atoms with Crippen LogP contribution in [0.2, 0.25) is 0 Å². The monoisotopic (exact) mass is 260 g/mol. The minimum atomic E-state index is -1.05. The number of carbonyl (C=O) groups is 1. The van der Waals surface area contributed by atoms with E-state index in [1.165, 1.54) is 16.8 Å². The summed E-state index contributed by atoms with van der Waals surface area (Å²) in [6.07, 6.45) is 1.42. The van der Waals surface area contributed by atoms with Crippen LogP contribution in [-0.2, 0) is 6.54 Å². The molecule has 0 atom stereocenters. The normalized spacial score (nSPS) is 10.4. The zero-order chi connectivity index (χ0) is 14.0. The van der Waals surface area contributed by atoms with Crippen LogP contribution in [0.25, 0.3) is 0 Å². The summed E-state index contributed by atoms with van der Waals surface area (Å²) in [7, 11) is 0. The summed E-state index contributed by atoms with van der Waals surface area (Å²) in [6.45, 7) is 1.68. The third-order valence-corrected chi connectivity index (χ3v) is 2.78. The fourth-order valence-electron chi connectivity index (χ4n) is 1.79. The first-order valence-corrected chi connectivity index (χ1v) is 5.60. The minimum Gasteiger partial charge on any atom is -0.478 e. The van der Waals surface area contributed by atoms with Gasteiger partial charge in [0.05, 0.1) is 12.1 Å². The lowest BCUT2D eigenvalue weighted by Crippen LogP contribution is -2.31. The Labute approximate surface area is 108 Å². The van der Waals surface area contributed by atoms with Crippen molar-refractivity contribution in [1.29, 1.82) is 0 Å². The van der Waals surface area contributed by atoms with Gasteiger partial charge in [0.2, 0.25) is 0 Å². The van der Waals surface area contributed by atoms with Crippen LogP contribution in [0.15, 0.2) is 40.1 Å². The maximum absolute atomic E-state index is 11.6. The van der Waals surface area contributed by atoms with Gasteiger partial charge in [-0.2, -0.15) is 0 Å². The Hall–Kier alpha value is -2.63. The summed E-state index contributed by atoms with van der Waals surface area (Å²) in [6, 6.07) is 6.43. The van der Waals surface area contributed by atoms with E-state index in [0.29, 0.717) is 11.1 Å². The summed E-state index contributed by atoms with van der Waals surface area (Å²) in [5.74, 6) is -1.05.